The largest absolute Gasteiger partial charge is 0.461 e. The first-order valence-electron chi connectivity index (χ1n) is 9.67. The number of nitrogens with one attached hydrogen (secondary N) is 1. The third-order valence-corrected chi connectivity index (χ3v) is 4.64. The molecule has 0 aliphatic rings. The molecule has 1 aromatic carbocycles. The molecule has 0 amide bonds. The van der Waals surface area contributed by atoms with Gasteiger partial charge in [-0.2, -0.15) is 9.97 Å². The second kappa shape index (κ2) is 8.92. The lowest BCUT2D eigenvalue weighted by atomic mass is 10.1. The van der Waals surface area contributed by atoms with Crippen molar-refractivity contribution in [3.8, 4) is 17.3 Å². The SMILES string of the molecule is COCCOc1nc(N[C@@H](C)c2ccc(F)cc2)cc(-c2c(N)nn3cccnc23)n1. The Balaban J connectivity index is 1.71. The van der Waals surface area contributed by atoms with E-state index in [1.165, 1.54) is 12.1 Å². The quantitative estimate of drug-likeness (QED) is 0.416. The van der Waals surface area contributed by atoms with Crippen molar-refractivity contribution in [2.75, 3.05) is 31.4 Å². The minimum atomic E-state index is -0.287. The second-order valence-corrected chi connectivity index (χ2v) is 6.83. The highest BCUT2D eigenvalue weighted by molar-refractivity contribution is 5.85. The van der Waals surface area contributed by atoms with Crippen LogP contribution in [0.3, 0.4) is 0 Å². The molecule has 0 saturated carbocycles. The van der Waals surface area contributed by atoms with E-state index in [-0.39, 0.29) is 30.3 Å². The van der Waals surface area contributed by atoms with Gasteiger partial charge in [-0.15, -0.1) is 5.10 Å². The first-order chi connectivity index (χ1) is 15.0. The number of hydrogen-bond acceptors (Lipinski definition) is 8. The van der Waals surface area contributed by atoms with E-state index in [0.717, 1.165) is 5.56 Å². The summed E-state index contributed by atoms with van der Waals surface area (Å²) in [5.41, 5.74) is 8.73. The number of halogens is 1. The molecule has 4 rings (SSSR count). The van der Waals surface area contributed by atoms with Crippen molar-refractivity contribution in [1.29, 1.82) is 0 Å². The molecule has 0 radical (unpaired) electrons. The average Bonchev–Trinajstić information content (AvgIpc) is 3.10. The van der Waals surface area contributed by atoms with E-state index in [9.17, 15) is 4.39 Å². The summed E-state index contributed by atoms with van der Waals surface area (Å²) in [5.74, 6) is 0.520. The molecular weight excluding hydrogens is 401 g/mol. The average molecular weight is 423 g/mol. The first-order valence-corrected chi connectivity index (χ1v) is 9.67. The monoisotopic (exact) mass is 423 g/mol. The summed E-state index contributed by atoms with van der Waals surface area (Å²) in [6, 6.07) is 9.82. The number of hydrogen-bond donors (Lipinski definition) is 2. The van der Waals surface area contributed by atoms with Gasteiger partial charge >= 0.3 is 6.01 Å². The molecule has 0 bridgehead atoms. The van der Waals surface area contributed by atoms with Crippen LogP contribution in [-0.4, -0.2) is 44.9 Å². The molecule has 3 N–H and O–H groups in total. The van der Waals surface area contributed by atoms with Crippen LogP contribution in [0.2, 0.25) is 0 Å². The molecule has 0 aliphatic heterocycles. The number of nitrogens with zero attached hydrogens (tertiary/aromatic N) is 5. The van der Waals surface area contributed by atoms with Crippen LogP contribution in [0.15, 0.2) is 48.8 Å². The number of anilines is 2. The van der Waals surface area contributed by atoms with Gasteiger partial charge in [0.25, 0.3) is 0 Å². The molecule has 10 heteroatoms. The van der Waals surface area contributed by atoms with Gasteiger partial charge in [0.05, 0.1) is 17.9 Å². The third-order valence-electron chi connectivity index (χ3n) is 4.64. The molecule has 0 unspecified atom stereocenters. The molecule has 0 fully saturated rings. The maximum atomic E-state index is 13.3. The Morgan fingerprint density at radius 3 is 2.77 bits per heavy atom. The lowest BCUT2D eigenvalue weighted by Crippen LogP contribution is -2.11. The van der Waals surface area contributed by atoms with Gasteiger partial charge in [0.15, 0.2) is 11.5 Å². The minimum absolute atomic E-state index is 0.144. The Bertz CT molecular complexity index is 1180. The minimum Gasteiger partial charge on any atom is -0.461 e. The number of fused-ring (bicyclic) bond motifs is 1. The Labute approximate surface area is 178 Å². The van der Waals surface area contributed by atoms with Crippen LogP contribution in [0.4, 0.5) is 16.0 Å². The van der Waals surface area contributed by atoms with Gasteiger partial charge in [-0.3, -0.25) is 0 Å². The maximum absolute atomic E-state index is 13.3. The van der Waals surface area contributed by atoms with Gasteiger partial charge in [0.1, 0.15) is 18.2 Å². The molecule has 0 aliphatic carbocycles. The summed E-state index contributed by atoms with van der Waals surface area (Å²) in [4.78, 5) is 13.3. The molecule has 160 valence electrons. The molecule has 3 heterocycles. The Morgan fingerprint density at radius 1 is 1.19 bits per heavy atom. The number of nitrogens with two attached hydrogens (primary N) is 1. The van der Waals surface area contributed by atoms with Crippen LogP contribution < -0.4 is 15.8 Å². The van der Waals surface area contributed by atoms with Crippen molar-refractivity contribution < 1.29 is 13.9 Å². The Kier molecular flexibility index (Phi) is 5.89. The van der Waals surface area contributed by atoms with Crippen LogP contribution in [0.5, 0.6) is 6.01 Å². The normalized spacial score (nSPS) is 12.1. The van der Waals surface area contributed by atoms with Gasteiger partial charge in [0.2, 0.25) is 0 Å². The predicted octanol–water partition coefficient (Wildman–Crippen LogP) is 3.11. The smallest absolute Gasteiger partial charge is 0.319 e. The summed E-state index contributed by atoms with van der Waals surface area (Å²) in [6.07, 6.45) is 3.42. The summed E-state index contributed by atoms with van der Waals surface area (Å²) < 4.78 is 25.5. The zero-order chi connectivity index (χ0) is 21.8. The van der Waals surface area contributed by atoms with Crippen molar-refractivity contribution in [3.63, 3.8) is 0 Å². The molecule has 31 heavy (non-hydrogen) atoms. The van der Waals surface area contributed by atoms with E-state index in [4.69, 9.17) is 15.2 Å². The van der Waals surface area contributed by atoms with Crippen molar-refractivity contribution in [2.45, 2.75) is 13.0 Å². The van der Waals surface area contributed by atoms with Gasteiger partial charge < -0.3 is 20.5 Å². The van der Waals surface area contributed by atoms with Crippen molar-refractivity contribution >= 4 is 17.3 Å². The molecular formula is C21H22FN7O2. The third kappa shape index (κ3) is 4.53. The Hall–Kier alpha value is -3.79. The van der Waals surface area contributed by atoms with Crippen molar-refractivity contribution in [2.24, 2.45) is 0 Å². The van der Waals surface area contributed by atoms with Crippen LogP contribution >= 0.6 is 0 Å². The lowest BCUT2D eigenvalue weighted by Gasteiger charge is -2.16. The van der Waals surface area contributed by atoms with Gasteiger partial charge in [0, 0.05) is 31.6 Å². The summed E-state index contributed by atoms with van der Waals surface area (Å²) in [5, 5.41) is 7.60. The summed E-state index contributed by atoms with van der Waals surface area (Å²) in [6.45, 7) is 2.63. The van der Waals surface area contributed by atoms with Crippen molar-refractivity contribution in [1.82, 2.24) is 24.6 Å². The van der Waals surface area contributed by atoms with Crippen LogP contribution in [0.1, 0.15) is 18.5 Å². The van der Waals surface area contributed by atoms with E-state index in [1.807, 2.05) is 6.92 Å². The number of aromatic nitrogens is 5. The number of benzene rings is 1. The molecule has 3 aromatic heterocycles. The highest BCUT2D eigenvalue weighted by Crippen LogP contribution is 2.31. The highest BCUT2D eigenvalue weighted by Gasteiger charge is 2.18. The second-order valence-electron chi connectivity index (χ2n) is 6.83. The van der Waals surface area contributed by atoms with E-state index >= 15 is 0 Å². The molecule has 4 aromatic rings. The van der Waals surface area contributed by atoms with Crippen LogP contribution in [0.25, 0.3) is 16.9 Å². The molecule has 9 nitrogen and oxygen atoms in total. The fourth-order valence-electron chi connectivity index (χ4n) is 3.11. The fourth-order valence-corrected chi connectivity index (χ4v) is 3.11. The fraction of sp³-hybridized carbons (Fsp3) is 0.238. The number of methoxy groups -OCH3 is 1. The summed E-state index contributed by atoms with van der Waals surface area (Å²) in [7, 11) is 1.59. The zero-order valence-corrected chi connectivity index (χ0v) is 17.1. The molecule has 0 spiro atoms. The van der Waals surface area contributed by atoms with Crippen LogP contribution in [0, 0.1) is 5.82 Å². The number of ether oxygens (including phenoxy) is 2. The standard InChI is InChI=1S/C21H22FN7O2/c1-13(14-4-6-15(22)7-5-14)25-17-12-16(26-21(27-17)31-11-10-30-2)18-19(23)28-29-9-3-8-24-20(18)29/h3-9,12-13H,10-11H2,1-2H3,(H2,23,28)(H,25,26,27)/t13-/m0/s1. The Morgan fingerprint density at radius 2 is 2.00 bits per heavy atom. The maximum Gasteiger partial charge on any atom is 0.319 e. The highest BCUT2D eigenvalue weighted by atomic mass is 19.1. The zero-order valence-electron chi connectivity index (χ0n) is 17.1. The van der Waals surface area contributed by atoms with Crippen molar-refractivity contribution in [3.05, 3.63) is 60.2 Å². The molecule has 0 saturated heterocycles. The van der Waals surface area contributed by atoms with E-state index in [1.54, 1.807) is 48.3 Å². The van der Waals surface area contributed by atoms with Gasteiger partial charge in [-0.05, 0) is 30.7 Å². The summed E-state index contributed by atoms with van der Waals surface area (Å²) >= 11 is 0. The van der Waals surface area contributed by atoms with Crippen LogP contribution in [-0.2, 0) is 4.74 Å². The number of nitrogen functional groups attached to an aromatic ring is 1. The van der Waals surface area contributed by atoms with E-state index in [0.29, 0.717) is 29.3 Å². The predicted molar refractivity (Wildman–Crippen MR) is 114 cm³/mol. The number of rotatable bonds is 8. The van der Waals surface area contributed by atoms with Gasteiger partial charge in [-0.1, -0.05) is 12.1 Å². The first kappa shape index (κ1) is 20.5. The topological polar surface area (TPSA) is 112 Å². The van der Waals surface area contributed by atoms with E-state index < -0.39 is 0 Å². The lowest BCUT2D eigenvalue weighted by molar-refractivity contribution is 0.141. The van der Waals surface area contributed by atoms with Gasteiger partial charge in [-0.25, -0.2) is 13.9 Å². The van der Waals surface area contributed by atoms with E-state index in [2.05, 4.69) is 25.4 Å². The molecule has 1 atom stereocenters.